The van der Waals surface area contributed by atoms with Gasteiger partial charge in [-0.05, 0) is 61.6 Å². The van der Waals surface area contributed by atoms with Gasteiger partial charge in [-0.1, -0.05) is 19.1 Å². The lowest BCUT2D eigenvalue weighted by Gasteiger charge is -2.20. The zero-order chi connectivity index (χ0) is 22.6. The van der Waals surface area contributed by atoms with Gasteiger partial charge >= 0.3 is 0 Å². The molecule has 0 radical (unpaired) electrons. The van der Waals surface area contributed by atoms with E-state index in [4.69, 9.17) is 9.47 Å². The first-order valence-electron chi connectivity index (χ1n) is 10.4. The Labute approximate surface area is 184 Å². The minimum atomic E-state index is -3.86. The van der Waals surface area contributed by atoms with Crippen molar-refractivity contribution in [2.24, 2.45) is 0 Å². The molecule has 3 rings (SSSR count). The van der Waals surface area contributed by atoms with Crippen molar-refractivity contribution >= 4 is 15.9 Å². The number of carbonyl (C=O) groups excluding carboxylic acids is 1. The molecule has 0 aliphatic carbocycles. The molecule has 8 heteroatoms. The summed E-state index contributed by atoms with van der Waals surface area (Å²) in [6.07, 6.45) is 2.47. The highest BCUT2D eigenvalue weighted by Gasteiger charge is 2.26. The lowest BCUT2D eigenvalue weighted by Crippen LogP contribution is -2.30. The largest absolute Gasteiger partial charge is 0.496 e. The van der Waals surface area contributed by atoms with E-state index in [0.717, 1.165) is 29.7 Å². The summed E-state index contributed by atoms with van der Waals surface area (Å²) < 4.78 is 39.8. The summed E-state index contributed by atoms with van der Waals surface area (Å²) in [4.78, 5) is 14.7. The molecule has 0 aromatic heterocycles. The molecule has 2 aromatic carbocycles. The maximum Gasteiger partial charge on any atom is 0.257 e. The van der Waals surface area contributed by atoms with Crippen LogP contribution in [0.3, 0.4) is 0 Å². The highest BCUT2D eigenvalue weighted by atomic mass is 32.2. The van der Waals surface area contributed by atoms with E-state index in [2.05, 4.69) is 4.72 Å². The molecule has 7 nitrogen and oxygen atoms in total. The van der Waals surface area contributed by atoms with E-state index >= 15 is 0 Å². The number of hydrogen-bond donors (Lipinski definition) is 1. The zero-order valence-corrected chi connectivity index (χ0v) is 19.3. The van der Waals surface area contributed by atoms with Crippen LogP contribution >= 0.6 is 0 Å². The number of amides is 1. The van der Waals surface area contributed by atoms with E-state index in [0.29, 0.717) is 25.3 Å². The summed E-state index contributed by atoms with van der Waals surface area (Å²) >= 11 is 0. The first-order valence-corrected chi connectivity index (χ1v) is 11.9. The molecule has 0 unspecified atom stereocenters. The van der Waals surface area contributed by atoms with Gasteiger partial charge in [-0.2, -0.15) is 0 Å². The van der Waals surface area contributed by atoms with E-state index in [1.54, 1.807) is 12.0 Å². The number of rotatable bonds is 8. The van der Waals surface area contributed by atoms with Gasteiger partial charge in [0.05, 0.1) is 24.7 Å². The maximum absolute atomic E-state index is 13.2. The predicted octanol–water partition coefficient (Wildman–Crippen LogP) is 3.68. The topological polar surface area (TPSA) is 84.9 Å². The third kappa shape index (κ3) is 5.02. The molecule has 1 aliphatic heterocycles. The number of sulfonamides is 1. The van der Waals surface area contributed by atoms with Crippen LogP contribution in [0.25, 0.3) is 0 Å². The fourth-order valence-corrected chi connectivity index (χ4v) is 5.21. The lowest BCUT2D eigenvalue weighted by molar-refractivity contribution is 0.0789. The number of methoxy groups -OCH3 is 2. The van der Waals surface area contributed by atoms with Crippen molar-refractivity contribution in [3.63, 3.8) is 0 Å². The van der Waals surface area contributed by atoms with Crippen molar-refractivity contribution in [1.82, 2.24) is 9.62 Å². The molecule has 0 saturated carbocycles. The van der Waals surface area contributed by atoms with Gasteiger partial charge in [0.25, 0.3) is 5.91 Å². The summed E-state index contributed by atoms with van der Waals surface area (Å²) in [6.45, 7) is 5.18. The summed E-state index contributed by atoms with van der Waals surface area (Å²) in [7, 11) is -0.783. The normalized spacial score (nSPS) is 15.0. The van der Waals surface area contributed by atoms with Crippen molar-refractivity contribution in [3.05, 3.63) is 53.1 Å². The quantitative estimate of drug-likeness (QED) is 0.669. The molecule has 0 spiro atoms. The van der Waals surface area contributed by atoms with Crippen molar-refractivity contribution < 1.29 is 22.7 Å². The monoisotopic (exact) mass is 446 g/mol. The van der Waals surface area contributed by atoms with Crippen LogP contribution in [-0.4, -0.2) is 46.5 Å². The van der Waals surface area contributed by atoms with Crippen molar-refractivity contribution in [2.75, 3.05) is 27.3 Å². The Bertz CT molecular complexity index is 1050. The molecule has 1 amide bonds. The second-order valence-electron chi connectivity index (χ2n) is 7.67. The first kappa shape index (κ1) is 23.1. The molecule has 1 saturated heterocycles. The zero-order valence-electron chi connectivity index (χ0n) is 18.5. The fraction of sp³-hybridized carbons (Fsp3) is 0.435. The molecule has 1 fully saturated rings. The Hall–Kier alpha value is -2.58. The minimum Gasteiger partial charge on any atom is -0.496 e. The summed E-state index contributed by atoms with van der Waals surface area (Å²) in [6, 6.07) is 9.62. The number of hydrogen-bond acceptors (Lipinski definition) is 5. The SMILES string of the molecule is CC[C@H](NS(=O)(=O)c1ccc(OC)c(C(=O)N2CCCC2)c1)c1ccc(OC)c(C)c1. The second kappa shape index (κ2) is 9.70. The van der Waals surface area contributed by atoms with Crippen molar-refractivity contribution in [1.29, 1.82) is 0 Å². The molecule has 2 aromatic rings. The van der Waals surface area contributed by atoms with Gasteiger partial charge in [0.2, 0.25) is 10.0 Å². The number of ether oxygens (including phenoxy) is 2. The average Bonchev–Trinajstić information content (AvgIpc) is 3.31. The summed E-state index contributed by atoms with van der Waals surface area (Å²) in [5, 5.41) is 0. The van der Waals surface area contributed by atoms with Gasteiger partial charge in [-0.3, -0.25) is 4.79 Å². The molecule has 31 heavy (non-hydrogen) atoms. The molecular formula is C23H30N2O5S. The Morgan fingerprint density at radius 1 is 1.06 bits per heavy atom. The number of likely N-dealkylation sites (tertiary alicyclic amines) is 1. The molecule has 1 atom stereocenters. The summed E-state index contributed by atoms with van der Waals surface area (Å²) in [5.41, 5.74) is 2.05. The van der Waals surface area contributed by atoms with E-state index < -0.39 is 16.1 Å². The second-order valence-corrected chi connectivity index (χ2v) is 9.39. The highest BCUT2D eigenvalue weighted by Crippen LogP contribution is 2.28. The fourth-order valence-electron chi connectivity index (χ4n) is 3.87. The molecule has 0 bridgehead atoms. The maximum atomic E-state index is 13.2. The molecule has 168 valence electrons. The van der Waals surface area contributed by atoms with E-state index in [1.807, 2.05) is 32.0 Å². The Morgan fingerprint density at radius 2 is 1.71 bits per heavy atom. The van der Waals surface area contributed by atoms with E-state index in [1.165, 1.54) is 25.3 Å². The minimum absolute atomic E-state index is 0.0412. The standard InChI is InChI=1S/C23H30N2O5S/c1-5-20(17-8-10-21(29-3)16(2)14-17)24-31(27,28)18-9-11-22(30-4)19(15-18)23(26)25-12-6-7-13-25/h8-11,14-15,20,24H,5-7,12-13H2,1-4H3/t20-/m0/s1. The van der Waals surface area contributed by atoms with Gasteiger partial charge in [0.1, 0.15) is 11.5 Å². The Balaban J connectivity index is 1.90. The first-order chi connectivity index (χ1) is 14.8. The van der Waals surface area contributed by atoms with Crippen LogP contribution in [0, 0.1) is 6.92 Å². The van der Waals surface area contributed by atoms with Gasteiger partial charge in [-0.15, -0.1) is 0 Å². The van der Waals surface area contributed by atoms with Crippen LogP contribution < -0.4 is 14.2 Å². The van der Waals surface area contributed by atoms with Crippen molar-refractivity contribution in [3.8, 4) is 11.5 Å². The van der Waals surface area contributed by atoms with Gasteiger partial charge in [0, 0.05) is 19.1 Å². The average molecular weight is 447 g/mol. The Kier molecular flexibility index (Phi) is 7.23. The van der Waals surface area contributed by atoms with Crippen LogP contribution in [0.2, 0.25) is 0 Å². The van der Waals surface area contributed by atoms with Crippen LogP contribution in [0.4, 0.5) is 0 Å². The Morgan fingerprint density at radius 3 is 2.29 bits per heavy atom. The van der Waals surface area contributed by atoms with Crippen LogP contribution in [0.1, 0.15) is 53.7 Å². The number of aryl methyl sites for hydroxylation is 1. The van der Waals surface area contributed by atoms with Crippen LogP contribution in [0.15, 0.2) is 41.3 Å². The van der Waals surface area contributed by atoms with Crippen molar-refractivity contribution in [2.45, 2.75) is 44.0 Å². The molecule has 1 heterocycles. The number of nitrogens with one attached hydrogen (secondary N) is 1. The van der Waals surface area contributed by atoms with Gasteiger partial charge in [0.15, 0.2) is 0 Å². The van der Waals surface area contributed by atoms with Crippen LogP contribution in [-0.2, 0) is 10.0 Å². The number of benzene rings is 2. The van der Waals surface area contributed by atoms with E-state index in [-0.39, 0.29) is 16.4 Å². The van der Waals surface area contributed by atoms with Crippen LogP contribution in [0.5, 0.6) is 11.5 Å². The third-order valence-corrected chi connectivity index (χ3v) is 7.10. The molecular weight excluding hydrogens is 416 g/mol. The van der Waals surface area contributed by atoms with E-state index in [9.17, 15) is 13.2 Å². The summed E-state index contributed by atoms with van der Waals surface area (Å²) in [5.74, 6) is 0.916. The van der Waals surface area contributed by atoms with Gasteiger partial charge < -0.3 is 14.4 Å². The lowest BCUT2D eigenvalue weighted by atomic mass is 10.0. The molecule has 1 N–H and O–H groups in total. The smallest absolute Gasteiger partial charge is 0.257 e. The number of nitrogens with zero attached hydrogens (tertiary/aromatic N) is 1. The highest BCUT2D eigenvalue weighted by molar-refractivity contribution is 7.89. The predicted molar refractivity (Wildman–Crippen MR) is 119 cm³/mol. The molecule has 1 aliphatic rings. The van der Waals surface area contributed by atoms with Gasteiger partial charge in [-0.25, -0.2) is 13.1 Å². The third-order valence-electron chi connectivity index (χ3n) is 5.63. The number of carbonyl (C=O) groups is 1.